The Morgan fingerprint density at radius 1 is 1.12 bits per heavy atom. The molecular formula is C19H21ClN2O3S. The first-order chi connectivity index (χ1) is 12.6. The zero-order valence-corrected chi connectivity index (χ0v) is 16.0. The lowest BCUT2D eigenvalue weighted by Crippen LogP contribution is -2.44. The second-order valence-electron chi connectivity index (χ2n) is 5.54. The lowest BCUT2D eigenvalue weighted by molar-refractivity contribution is -0.118. The molecule has 0 fully saturated rings. The summed E-state index contributed by atoms with van der Waals surface area (Å²) in [6.07, 6.45) is 1.83. The molecule has 0 aliphatic carbocycles. The second kappa shape index (κ2) is 10.7. The standard InChI is InChI=1S/C19H21ClN2O3S/c1-26-12-11-17(18(23)21-16-9-7-15(20)8-10-16)22-19(24)25-13-14-5-3-2-4-6-14/h2-10,17H,11-13H2,1H3,(H,21,23)(H,22,24)/t17-/m1/s1. The highest BCUT2D eigenvalue weighted by Crippen LogP contribution is 2.14. The highest BCUT2D eigenvalue weighted by molar-refractivity contribution is 7.98. The molecule has 0 aliphatic heterocycles. The Morgan fingerprint density at radius 3 is 2.46 bits per heavy atom. The van der Waals surface area contributed by atoms with Gasteiger partial charge in [0.25, 0.3) is 0 Å². The van der Waals surface area contributed by atoms with Crippen molar-refractivity contribution in [3.8, 4) is 0 Å². The van der Waals surface area contributed by atoms with Crippen molar-refractivity contribution in [1.29, 1.82) is 0 Å². The van der Waals surface area contributed by atoms with E-state index in [1.54, 1.807) is 36.0 Å². The summed E-state index contributed by atoms with van der Waals surface area (Å²) in [4.78, 5) is 24.5. The summed E-state index contributed by atoms with van der Waals surface area (Å²) in [5.74, 6) is 0.440. The van der Waals surface area contributed by atoms with Crippen LogP contribution in [0.5, 0.6) is 0 Å². The summed E-state index contributed by atoms with van der Waals surface area (Å²) in [6, 6.07) is 15.5. The van der Waals surface area contributed by atoms with Crippen LogP contribution in [0.25, 0.3) is 0 Å². The highest BCUT2D eigenvalue weighted by Gasteiger charge is 2.21. The van der Waals surface area contributed by atoms with Gasteiger partial charge in [-0.15, -0.1) is 0 Å². The van der Waals surface area contributed by atoms with Gasteiger partial charge in [0, 0.05) is 10.7 Å². The lowest BCUT2D eigenvalue weighted by atomic mass is 10.2. The molecule has 2 N–H and O–H groups in total. The van der Waals surface area contributed by atoms with Gasteiger partial charge in [-0.25, -0.2) is 4.79 Å². The molecule has 0 bridgehead atoms. The molecule has 5 nitrogen and oxygen atoms in total. The van der Waals surface area contributed by atoms with Crippen LogP contribution in [-0.4, -0.2) is 30.1 Å². The van der Waals surface area contributed by atoms with Gasteiger partial charge >= 0.3 is 6.09 Å². The summed E-state index contributed by atoms with van der Waals surface area (Å²) < 4.78 is 5.20. The maximum atomic E-state index is 12.5. The predicted octanol–water partition coefficient (Wildman–Crippen LogP) is 4.33. The summed E-state index contributed by atoms with van der Waals surface area (Å²) >= 11 is 7.45. The van der Waals surface area contributed by atoms with E-state index in [0.29, 0.717) is 17.1 Å². The van der Waals surface area contributed by atoms with E-state index in [9.17, 15) is 9.59 Å². The number of hydrogen-bond donors (Lipinski definition) is 2. The fraction of sp³-hybridized carbons (Fsp3) is 0.263. The Bertz CT molecular complexity index is 710. The van der Waals surface area contributed by atoms with Crippen LogP contribution in [0.1, 0.15) is 12.0 Å². The number of halogens is 1. The normalized spacial score (nSPS) is 11.5. The third-order valence-corrected chi connectivity index (χ3v) is 4.44. The Kier molecular flexibility index (Phi) is 8.31. The zero-order valence-electron chi connectivity index (χ0n) is 14.4. The molecule has 2 aromatic carbocycles. The number of nitrogens with one attached hydrogen (secondary N) is 2. The molecule has 2 rings (SSSR count). The SMILES string of the molecule is CSCC[C@@H](NC(=O)OCc1ccccc1)C(=O)Nc1ccc(Cl)cc1. The van der Waals surface area contributed by atoms with Crippen LogP contribution in [0.3, 0.4) is 0 Å². The minimum Gasteiger partial charge on any atom is -0.445 e. The van der Waals surface area contributed by atoms with Gasteiger partial charge in [-0.3, -0.25) is 4.79 Å². The number of anilines is 1. The zero-order chi connectivity index (χ0) is 18.8. The van der Waals surface area contributed by atoms with Gasteiger partial charge in [0.05, 0.1) is 0 Å². The third kappa shape index (κ3) is 6.98. The van der Waals surface area contributed by atoms with Crippen molar-refractivity contribution in [1.82, 2.24) is 5.32 Å². The molecule has 7 heteroatoms. The van der Waals surface area contributed by atoms with Gasteiger partial charge in [-0.05, 0) is 48.3 Å². The summed E-state index contributed by atoms with van der Waals surface area (Å²) in [7, 11) is 0. The highest BCUT2D eigenvalue weighted by atomic mass is 35.5. The molecule has 26 heavy (non-hydrogen) atoms. The van der Waals surface area contributed by atoms with Crippen molar-refractivity contribution in [2.45, 2.75) is 19.1 Å². The van der Waals surface area contributed by atoms with Crippen LogP contribution >= 0.6 is 23.4 Å². The molecule has 0 unspecified atom stereocenters. The minimum absolute atomic E-state index is 0.153. The maximum absolute atomic E-state index is 12.5. The van der Waals surface area contributed by atoms with Crippen LogP contribution in [0.2, 0.25) is 5.02 Å². The van der Waals surface area contributed by atoms with E-state index in [4.69, 9.17) is 16.3 Å². The molecule has 1 atom stereocenters. The van der Waals surface area contributed by atoms with Crippen molar-refractivity contribution in [3.63, 3.8) is 0 Å². The number of alkyl carbamates (subject to hydrolysis) is 1. The molecule has 0 radical (unpaired) electrons. The second-order valence-corrected chi connectivity index (χ2v) is 6.96. The number of benzene rings is 2. The Labute approximate surface area is 162 Å². The lowest BCUT2D eigenvalue weighted by Gasteiger charge is -2.18. The van der Waals surface area contributed by atoms with E-state index in [0.717, 1.165) is 11.3 Å². The predicted molar refractivity (Wildman–Crippen MR) is 107 cm³/mol. The molecule has 0 spiro atoms. The van der Waals surface area contributed by atoms with Crippen molar-refractivity contribution >= 4 is 41.1 Å². The van der Waals surface area contributed by atoms with Gasteiger partial charge in [-0.2, -0.15) is 11.8 Å². The number of rotatable bonds is 8. The van der Waals surface area contributed by atoms with Crippen LogP contribution < -0.4 is 10.6 Å². The molecular weight excluding hydrogens is 372 g/mol. The van der Waals surface area contributed by atoms with Gasteiger partial charge < -0.3 is 15.4 Å². The van der Waals surface area contributed by atoms with Crippen LogP contribution in [0, 0.1) is 0 Å². The minimum atomic E-state index is -0.679. The number of carbonyl (C=O) groups excluding carboxylic acids is 2. The van der Waals surface area contributed by atoms with Crippen molar-refractivity contribution in [3.05, 3.63) is 65.2 Å². The van der Waals surface area contributed by atoms with E-state index in [-0.39, 0.29) is 12.5 Å². The number of ether oxygens (including phenoxy) is 1. The van der Waals surface area contributed by atoms with E-state index in [2.05, 4.69) is 10.6 Å². The third-order valence-electron chi connectivity index (χ3n) is 3.54. The van der Waals surface area contributed by atoms with Crippen molar-refractivity contribution < 1.29 is 14.3 Å². The van der Waals surface area contributed by atoms with Crippen LogP contribution in [-0.2, 0) is 16.1 Å². The molecule has 0 saturated carbocycles. The monoisotopic (exact) mass is 392 g/mol. The average Bonchev–Trinajstić information content (AvgIpc) is 2.66. The largest absolute Gasteiger partial charge is 0.445 e. The first kappa shape index (κ1) is 20.1. The quantitative estimate of drug-likeness (QED) is 0.701. The molecule has 2 aromatic rings. The summed E-state index contributed by atoms with van der Waals surface area (Å²) in [5, 5.41) is 6.01. The van der Waals surface area contributed by atoms with E-state index < -0.39 is 12.1 Å². The fourth-order valence-corrected chi connectivity index (χ4v) is 2.77. The van der Waals surface area contributed by atoms with E-state index >= 15 is 0 Å². The molecule has 0 aromatic heterocycles. The van der Waals surface area contributed by atoms with Gasteiger partial charge in [0.1, 0.15) is 12.6 Å². The van der Waals surface area contributed by atoms with E-state index in [1.165, 1.54) is 0 Å². The molecule has 0 heterocycles. The average molecular weight is 393 g/mol. The van der Waals surface area contributed by atoms with Gasteiger partial charge in [0.15, 0.2) is 0 Å². The topological polar surface area (TPSA) is 67.4 Å². The molecule has 138 valence electrons. The molecule has 0 aliphatic rings. The van der Waals surface area contributed by atoms with E-state index in [1.807, 2.05) is 36.6 Å². The number of carbonyl (C=O) groups is 2. The van der Waals surface area contributed by atoms with Crippen LogP contribution in [0.15, 0.2) is 54.6 Å². The summed E-state index contributed by atoms with van der Waals surface area (Å²) in [5.41, 5.74) is 1.50. The maximum Gasteiger partial charge on any atom is 0.408 e. The Morgan fingerprint density at radius 2 is 1.81 bits per heavy atom. The Balaban J connectivity index is 1.91. The number of amides is 2. The summed E-state index contributed by atoms with van der Waals surface area (Å²) in [6.45, 7) is 0.153. The first-order valence-corrected chi connectivity index (χ1v) is 9.88. The Hall–Kier alpha value is -2.18. The number of hydrogen-bond acceptors (Lipinski definition) is 4. The van der Waals surface area contributed by atoms with Crippen LogP contribution in [0.4, 0.5) is 10.5 Å². The smallest absolute Gasteiger partial charge is 0.408 e. The van der Waals surface area contributed by atoms with Crippen molar-refractivity contribution in [2.24, 2.45) is 0 Å². The van der Waals surface area contributed by atoms with Crippen molar-refractivity contribution in [2.75, 3.05) is 17.3 Å². The van der Waals surface area contributed by atoms with Gasteiger partial charge in [-0.1, -0.05) is 41.9 Å². The van der Waals surface area contributed by atoms with Gasteiger partial charge in [0.2, 0.25) is 5.91 Å². The first-order valence-electron chi connectivity index (χ1n) is 8.11. The molecule has 0 saturated heterocycles. The number of thioether (sulfide) groups is 1. The molecule has 2 amide bonds. The fourth-order valence-electron chi connectivity index (χ4n) is 2.17.